The van der Waals surface area contributed by atoms with Crippen molar-refractivity contribution in [1.82, 2.24) is 4.90 Å². The smallest absolute Gasteiger partial charge is 0.308 e. The van der Waals surface area contributed by atoms with E-state index in [0.717, 1.165) is 5.56 Å². The van der Waals surface area contributed by atoms with Gasteiger partial charge in [0.1, 0.15) is 6.04 Å². The molecule has 2 amide bonds. The van der Waals surface area contributed by atoms with Crippen LogP contribution in [0.4, 0.5) is 5.69 Å². The van der Waals surface area contributed by atoms with E-state index in [2.05, 4.69) is 6.58 Å². The van der Waals surface area contributed by atoms with Crippen LogP contribution in [0, 0.1) is 24.7 Å². The van der Waals surface area contributed by atoms with E-state index in [1.165, 1.54) is 16.7 Å². The Balaban J connectivity index is 1.90. The number of para-hydroxylation sites is 1. The summed E-state index contributed by atoms with van der Waals surface area (Å²) in [6, 6.07) is 3.90. The monoisotopic (exact) mass is 506 g/mol. The largest absolute Gasteiger partial charge is 0.481 e. The average molecular weight is 507 g/mol. The first-order chi connectivity index (χ1) is 16.1. The lowest BCUT2D eigenvalue weighted by Gasteiger charge is -2.42. The van der Waals surface area contributed by atoms with Gasteiger partial charge in [0.2, 0.25) is 5.91 Å². The number of hydrogen-bond acceptors (Lipinski definition) is 5. The minimum Gasteiger partial charge on any atom is -0.481 e. The average Bonchev–Trinajstić information content (AvgIpc) is 3.38. The van der Waals surface area contributed by atoms with Crippen LogP contribution in [0.3, 0.4) is 0 Å². The molecule has 7 atom stereocenters. The predicted octanol–water partition coefficient (Wildman–Crippen LogP) is 3.36. The van der Waals surface area contributed by atoms with Gasteiger partial charge < -0.3 is 20.0 Å². The van der Waals surface area contributed by atoms with Crippen LogP contribution in [0.15, 0.2) is 30.9 Å². The van der Waals surface area contributed by atoms with Crippen molar-refractivity contribution < 1.29 is 24.6 Å². The van der Waals surface area contributed by atoms with Crippen molar-refractivity contribution in [3.8, 4) is 0 Å². The van der Waals surface area contributed by atoms with Crippen LogP contribution in [0.25, 0.3) is 0 Å². The van der Waals surface area contributed by atoms with Crippen LogP contribution < -0.4 is 4.90 Å². The van der Waals surface area contributed by atoms with Crippen LogP contribution in [0.5, 0.6) is 0 Å². The third kappa shape index (κ3) is 3.40. The standard InChI is InChI=1S/C25H31ClN2O5S/c1-5-10-27(20-13(3)8-7-9-16(20)26)23(31)21-25-14(4)11-17(34-25)18(24(32)33)19(25)22(30)28(21)15(6-2)12-29/h5,7-9,14-15,17-19,21,29H,1,6,10-12H2,2-4H3,(H,32,33)/t14?,15-,17+,18-,19-,21?,25?/m0/s1. The maximum Gasteiger partial charge on any atom is 0.308 e. The molecule has 1 spiro atoms. The topological polar surface area (TPSA) is 98.2 Å². The van der Waals surface area contributed by atoms with E-state index in [1.807, 2.05) is 32.9 Å². The fraction of sp³-hybridized carbons (Fsp3) is 0.560. The zero-order valence-electron chi connectivity index (χ0n) is 19.6. The number of fused-ring (bicyclic) bond motifs is 1. The van der Waals surface area contributed by atoms with Crippen LogP contribution in [0.2, 0.25) is 5.02 Å². The quantitative estimate of drug-likeness (QED) is 0.525. The zero-order chi connectivity index (χ0) is 24.9. The fourth-order valence-electron chi connectivity index (χ4n) is 6.36. The highest BCUT2D eigenvalue weighted by atomic mass is 35.5. The van der Waals surface area contributed by atoms with Crippen molar-refractivity contribution >= 4 is 46.8 Å². The lowest BCUT2D eigenvalue weighted by Crippen LogP contribution is -2.59. The lowest BCUT2D eigenvalue weighted by molar-refractivity contribution is -0.149. The number of benzene rings is 1. The molecular formula is C25H31ClN2O5S. The molecule has 1 aromatic rings. The van der Waals surface area contributed by atoms with Gasteiger partial charge in [0.15, 0.2) is 0 Å². The number of aliphatic hydroxyl groups is 1. The molecule has 3 unspecified atom stereocenters. The second kappa shape index (κ2) is 9.21. The number of anilines is 1. The summed E-state index contributed by atoms with van der Waals surface area (Å²) in [5.74, 6) is -3.36. The normalized spacial score (nSPS) is 32.6. The molecule has 3 aliphatic rings. The van der Waals surface area contributed by atoms with Gasteiger partial charge in [-0.05, 0) is 37.3 Å². The summed E-state index contributed by atoms with van der Waals surface area (Å²) in [4.78, 5) is 43.7. The summed E-state index contributed by atoms with van der Waals surface area (Å²) < 4.78 is -0.876. The van der Waals surface area contributed by atoms with Gasteiger partial charge in [-0.1, -0.05) is 43.7 Å². The van der Waals surface area contributed by atoms with E-state index in [9.17, 15) is 24.6 Å². The molecule has 3 aliphatic heterocycles. The summed E-state index contributed by atoms with van der Waals surface area (Å²) in [5.41, 5.74) is 1.36. The number of aryl methyl sites for hydroxylation is 1. The van der Waals surface area contributed by atoms with Gasteiger partial charge in [-0.2, -0.15) is 0 Å². The van der Waals surface area contributed by atoms with Crippen molar-refractivity contribution in [2.24, 2.45) is 17.8 Å². The Labute approximate surface area is 209 Å². The summed E-state index contributed by atoms with van der Waals surface area (Å²) in [6.07, 6.45) is 2.69. The Bertz CT molecular complexity index is 1010. The van der Waals surface area contributed by atoms with E-state index in [4.69, 9.17) is 11.6 Å². The molecule has 0 aliphatic carbocycles. The molecule has 0 saturated carbocycles. The first-order valence-electron chi connectivity index (χ1n) is 11.7. The van der Waals surface area contributed by atoms with Gasteiger partial charge in [-0.3, -0.25) is 14.4 Å². The molecule has 0 aromatic heterocycles. The third-order valence-electron chi connectivity index (χ3n) is 7.81. The molecule has 34 heavy (non-hydrogen) atoms. The number of rotatable bonds is 8. The highest BCUT2D eigenvalue weighted by molar-refractivity contribution is 8.02. The number of hydrogen-bond donors (Lipinski definition) is 2. The number of likely N-dealkylation sites (tertiary alicyclic amines) is 1. The Kier molecular flexibility index (Phi) is 6.79. The Morgan fingerprint density at radius 2 is 2.15 bits per heavy atom. The number of carboxylic acid groups (broad SMARTS) is 1. The molecule has 1 aromatic carbocycles. The number of nitrogens with zero attached hydrogens (tertiary/aromatic N) is 2. The van der Waals surface area contributed by atoms with Crippen molar-refractivity contribution in [1.29, 1.82) is 0 Å². The second-order valence-corrected chi connectivity index (χ2v) is 11.5. The number of amides is 2. The van der Waals surface area contributed by atoms with E-state index >= 15 is 0 Å². The molecular weight excluding hydrogens is 476 g/mol. The highest BCUT2D eigenvalue weighted by Crippen LogP contribution is 2.69. The van der Waals surface area contributed by atoms with Crippen molar-refractivity contribution in [3.05, 3.63) is 41.4 Å². The van der Waals surface area contributed by atoms with E-state index in [-0.39, 0.29) is 36.1 Å². The number of aliphatic hydroxyl groups excluding tert-OH is 1. The SMILES string of the molecule is C=CCN(C(=O)C1N([C@@H](CC)CO)C(=O)[C@@H]2[C@@H](C(=O)O)[C@H]3CC(C)C12S3)c1c(C)cccc1Cl. The number of aliphatic carboxylic acids is 1. The molecule has 0 radical (unpaired) electrons. The maximum atomic E-state index is 14.5. The fourth-order valence-corrected chi connectivity index (χ4v) is 9.08. The maximum absolute atomic E-state index is 14.5. The lowest BCUT2D eigenvalue weighted by atomic mass is 9.66. The van der Waals surface area contributed by atoms with Crippen LogP contribution in [0.1, 0.15) is 32.3 Å². The Morgan fingerprint density at radius 1 is 1.44 bits per heavy atom. The first-order valence-corrected chi connectivity index (χ1v) is 12.9. The third-order valence-corrected chi connectivity index (χ3v) is 10.2. The molecule has 4 rings (SSSR count). The van der Waals surface area contributed by atoms with Gasteiger partial charge >= 0.3 is 5.97 Å². The molecule has 3 heterocycles. The molecule has 3 fully saturated rings. The number of carboxylic acids is 1. The number of carbonyl (C=O) groups is 3. The molecule has 2 N–H and O–H groups in total. The van der Waals surface area contributed by atoms with Gasteiger partial charge in [0.25, 0.3) is 5.91 Å². The molecule has 184 valence electrons. The Morgan fingerprint density at radius 3 is 2.71 bits per heavy atom. The van der Waals surface area contributed by atoms with Crippen LogP contribution >= 0.6 is 23.4 Å². The van der Waals surface area contributed by atoms with E-state index in [1.54, 1.807) is 17.0 Å². The van der Waals surface area contributed by atoms with Crippen molar-refractivity contribution in [2.75, 3.05) is 18.1 Å². The summed E-state index contributed by atoms with van der Waals surface area (Å²) in [7, 11) is 0. The summed E-state index contributed by atoms with van der Waals surface area (Å²) in [6.45, 7) is 9.42. The Hall–Kier alpha value is -2.03. The second-order valence-electron chi connectivity index (χ2n) is 9.52. The highest BCUT2D eigenvalue weighted by Gasteiger charge is 2.77. The number of halogens is 1. The molecule has 9 heteroatoms. The number of carbonyl (C=O) groups excluding carboxylic acids is 2. The zero-order valence-corrected chi connectivity index (χ0v) is 21.2. The van der Waals surface area contributed by atoms with Gasteiger partial charge in [0.05, 0.1) is 39.9 Å². The van der Waals surface area contributed by atoms with Crippen molar-refractivity contribution in [3.63, 3.8) is 0 Å². The predicted molar refractivity (Wildman–Crippen MR) is 133 cm³/mol. The van der Waals surface area contributed by atoms with Gasteiger partial charge in [-0.15, -0.1) is 18.3 Å². The van der Waals surface area contributed by atoms with Crippen LogP contribution in [-0.2, 0) is 14.4 Å². The minimum absolute atomic E-state index is 0.0416. The first kappa shape index (κ1) is 25.1. The molecule has 3 saturated heterocycles. The van der Waals surface area contributed by atoms with Gasteiger partial charge in [-0.25, -0.2) is 0 Å². The van der Waals surface area contributed by atoms with Gasteiger partial charge in [0, 0.05) is 11.8 Å². The summed E-state index contributed by atoms with van der Waals surface area (Å²) >= 11 is 8.03. The molecule has 7 nitrogen and oxygen atoms in total. The van der Waals surface area contributed by atoms with Crippen molar-refractivity contribution in [2.45, 2.75) is 55.7 Å². The number of thioether (sulfide) groups is 1. The van der Waals surface area contributed by atoms with Crippen LogP contribution in [-0.4, -0.2) is 68.1 Å². The van der Waals surface area contributed by atoms with E-state index in [0.29, 0.717) is 23.6 Å². The minimum atomic E-state index is -1.00. The summed E-state index contributed by atoms with van der Waals surface area (Å²) in [5, 5.41) is 20.4. The molecule has 2 bridgehead atoms. The van der Waals surface area contributed by atoms with E-state index < -0.39 is 34.6 Å².